The fourth-order valence-corrected chi connectivity index (χ4v) is 3.89. The molecule has 10 heteroatoms. The van der Waals surface area contributed by atoms with Gasteiger partial charge in [-0.3, -0.25) is 23.7 Å². The highest BCUT2D eigenvalue weighted by Gasteiger charge is 2.16. The van der Waals surface area contributed by atoms with E-state index in [1.54, 1.807) is 17.5 Å². The van der Waals surface area contributed by atoms with E-state index in [0.29, 0.717) is 6.54 Å². The number of aromatic nitrogens is 5. The van der Waals surface area contributed by atoms with Crippen molar-refractivity contribution in [3.05, 3.63) is 68.6 Å². The third-order valence-electron chi connectivity index (χ3n) is 4.65. The van der Waals surface area contributed by atoms with E-state index in [4.69, 9.17) is 0 Å². The van der Waals surface area contributed by atoms with Crippen LogP contribution in [0.15, 0.2) is 51.8 Å². The third-order valence-corrected chi connectivity index (χ3v) is 5.53. The van der Waals surface area contributed by atoms with Crippen molar-refractivity contribution in [3.8, 4) is 10.6 Å². The van der Waals surface area contributed by atoms with Crippen LogP contribution in [0, 0.1) is 0 Å². The molecule has 0 radical (unpaired) electrons. The number of hydrogen-bond donors (Lipinski definition) is 1. The van der Waals surface area contributed by atoms with E-state index in [1.165, 1.54) is 29.6 Å². The standard InChI is InChI=1S/C19H18N6O3S/c1-23-17-16(18(27)24(2)19(23)28)25(11-22-17)10-14(26)21-9-12-5-3-7-20-15(12)13-6-4-8-29-13/h3-8,11H,9-10H2,1-2H3,(H,21,26). The van der Waals surface area contributed by atoms with Crippen LogP contribution in [0.1, 0.15) is 5.56 Å². The van der Waals surface area contributed by atoms with Crippen LogP contribution in [-0.4, -0.2) is 29.6 Å². The van der Waals surface area contributed by atoms with Gasteiger partial charge >= 0.3 is 5.69 Å². The summed E-state index contributed by atoms with van der Waals surface area (Å²) in [7, 11) is 2.94. The number of nitrogens with one attached hydrogen (secondary N) is 1. The molecule has 4 aromatic heterocycles. The summed E-state index contributed by atoms with van der Waals surface area (Å²) in [6.45, 7) is 0.224. The fraction of sp³-hybridized carbons (Fsp3) is 0.211. The van der Waals surface area contributed by atoms with Crippen molar-refractivity contribution in [2.24, 2.45) is 14.1 Å². The molecule has 0 unspecified atom stereocenters. The third kappa shape index (κ3) is 3.38. The summed E-state index contributed by atoms with van der Waals surface area (Å²) in [6, 6.07) is 7.68. The first kappa shape index (κ1) is 18.8. The maximum atomic E-state index is 12.5. The second-order valence-corrected chi connectivity index (χ2v) is 7.46. The summed E-state index contributed by atoms with van der Waals surface area (Å²) in [5.41, 5.74) is 1.25. The Balaban J connectivity index is 1.55. The van der Waals surface area contributed by atoms with Crippen LogP contribution in [0.3, 0.4) is 0 Å². The van der Waals surface area contributed by atoms with Gasteiger partial charge in [0.2, 0.25) is 5.91 Å². The van der Waals surface area contributed by atoms with Crippen molar-refractivity contribution in [1.82, 2.24) is 29.0 Å². The highest BCUT2D eigenvalue weighted by molar-refractivity contribution is 7.13. The zero-order valence-corrected chi connectivity index (χ0v) is 16.6. The summed E-state index contributed by atoms with van der Waals surface area (Å²) in [6.07, 6.45) is 3.12. The molecule has 0 aliphatic carbocycles. The molecule has 148 valence electrons. The van der Waals surface area contributed by atoms with E-state index in [0.717, 1.165) is 20.7 Å². The molecule has 29 heavy (non-hydrogen) atoms. The largest absolute Gasteiger partial charge is 0.350 e. The number of amides is 1. The zero-order chi connectivity index (χ0) is 20.5. The maximum Gasteiger partial charge on any atom is 0.332 e. The summed E-state index contributed by atoms with van der Waals surface area (Å²) < 4.78 is 3.74. The Labute approximate surface area is 168 Å². The minimum Gasteiger partial charge on any atom is -0.350 e. The predicted molar refractivity (Wildman–Crippen MR) is 110 cm³/mol. The molecule has 4 aromatic rings. The van der Waals surface area contributed by atoms with E-state index in [-0.39, 0.29) is 23.6 Å². The number of thiophene rings is 1. The molecular weight excluding hydrogens is 392 g/mol. The Kier molecular flexibility index (Phi) is 4.85. The Morgan fingerprint density at radius 2 is 1.97 bits per heavy atom. The van der Waals surface area contributed by atoms with E-state index in [2.05, 4.69) is 15.3 Å². The lowest BCUT2D eigenvalue weighted by Gasteiger charge is -2.10. The quantitative estimate of drug-likeness (QED) is 0.526. The molecule has 4 rings (SSSR count). The number of aryl methyl sites for hydroxylation is 1. The van der Waals surface area contributed by atoms with Gasteiger partial charge in [0.05, 0.1) is 16.9 Å². The minimum absolute atomic E-state index is 0.0848. The van der Waals surface area contributed by atoms with E-state index in [9.17, 15) is 14.4 Å². The molecule has 1 N–H and O–H groups in total. The van der Waals surface area contributed by atoms with E-state index in [1.807, 2.05) is 29.6 Å². The topological polar surface area (TPSA) is 104 Å². The van der Waals surface area contributed by atoms with Gasteiger partial charge in [-0.25, -0.2) is 9.78 Å². The SMILES string of the molecule is Cn1c(=O)c2c(ncn2CC(=O)NCc2cccnc2-c2cccs2)n(C)c1=O. The molecule has 0 atom stereocenters. The lowest BCUT2D eigenvalue weighted by atomic mass is 10.1. The van der Waals surface area contributed by atoms with Crippen LogP contribution in [-0.2, 0) is 32.0 Å². The summed E-state index contributed by atoms with van der Waals surface area (Å²) >= 11 is 1.58. The molecule has 0 aliphatic rings. The van der Waals surface area contributed by atoms with Crippen LogP contribution in [0.25, 0.3) is 21.7 Å². The van der Waals surface area contributed by atoms with Gasteiger partial charge in [0.25, 0.3) is 5.56 Å². The van der Waals surface area contributed by atoms with Crippen molar-refractivity contribution >= 4 is 28.4 Å². The van der Waals surface area contributed by atoms with Gasteiger partial charge in [0, 0.05) is 26.8 Å². The minimum atomic E-state index is -0.486. The summed E-state index contributed by atoms with van der Waals surface area (Å²) in [4.78, 5) is 46.6. The van der Waals surface area contributed by atoms with Crippen LogP contribution in [0.2, 0.25) is 0 Å². The smallest absolute Gasteiger partial charge is 0.332 e. The molecule has 0 aromatic carbocycles. The number of imidazole rings is 1. The molecule has 4 heterocycles. The molecule has 0 saturated heterocycles. The monoisotopic (exact) mass is 410 g/mol. The first-order valence-corrected chi connectivity index (χ1v) is 9.70. The van der Waals surface area contributed by atoms with Crippen LogP contribution < -0.4 is 16.6 Å². The van der Waals surface area contributed by atoms with Crippen LogP contribution in [0.4, 0.5) is 0 Å². The Hall–Kier alpha value is -3.53. The predicted octanol–water partition coefficient (Wildman–Crippen LogP) is 0.874. The summed E-state index contributed by atoms with van der Waals surface area (Å²) in [5.74, 6) is -0.277. The van der Waals surface area contributed by atoms with E-state index >= 15 is 0 Å². The van der Waals surface area contributed by atoms with Crippen molar-refractivity contribution in [2.75, 3.05) is 0 Å². The molecule has 0 aliphatic heterocycles. The van der Waals surface area contributed by atoms with Gasteiger partial charge in [-0.15, -0.1) is 11.3 Å². The second-order valence-electron chi connectivity index (χ2n) is 6.52. The normalized spacial score (nSPS) is 11.1. The lowest BCUT2D eigenvalue weighted by molar-refractivity contribution is -0.121. The van der Waals surface area contributed by atoms with Crippen LogP contribution in [0.5, 0.6) is 0 Å². The fourth-order valence-electron chi connectivity index (χ4n) is 3.14. The van der Waals surface area contributed by atoms with Gasteiger partial charge in [0.1, 0.15) is 6.54 Å². The molecule has 0 saturated carbocycles. The number of pyridine rings is 1. The first-order chi connectivity index (χ1) is 14.0. The Morgan fingerprint density at radius 3 is 2.72 bits per heavy atom. The second kappa shape index (κ2) is 7.47. The van der Waals surface area contributed by atoms with Gasteiger partial charge in [-0.1, -0.05) is 12.1 Å². The molecule has 0 fully saturated rings. The van der Waals surface area contributed by atoms with Gasteiger partial charge in [-0.05, 0) is 23.1 Å². The number of rotatable bonds is 5. The number of carbonyl (C=O) groups is 1. The first-order valence-electron chi connectivity index (χ1n) is 8.82. The maximum absolute atomic E-state index is 12.5. The molecule has 9 nitrogen and oxygen atoms in total. The Bertz CT molecular complexity index is 1320. The number of nitrogens with zero attached hydrogens (tertiary/aromatic N) is 5. The van der Waals surface area contributed by atoms with Crippen molar-refractivity contribution in [3.63, 3.8) is 0 Å². The average Bonchev–Trinajstić information content (AvgIpc) is 3.40. The van der Waals surface area contributed by atoms with Crippen LogP contribution >= 0.6 is 11.3 Å². The van der Waals surface area contributed by atoms with Gasteiger partial charge in [0.15, 0.2) is 11.2 Å². The number of carbonyl (C=O) groups excluding carboxylic acids is 1. The number of fused-ring (bicyclic) bond motifs is 1. The Morgan fingerprint density at radius 1 is 1.14 bits per heavy atom. The van der Waals surface area contributed by atoms with Crippen molar-refractivity contribution in [1.29, 1.82) is 0 Å². The molecular formula is C19H18N6O3S. The molecule has 1 amide bonds. The van der Waals surface area contributed by atoms with E-state index < -0.39 is 11.2 Å². The molecule has 0 bridgehead atoms. The molecule has 0 spiro atoms. The van der Waals surface area contributed by atoms with Gasteiger partial charge in [-0.2, -0.15) is 0 Å². The highest BCUT2D eigenvalue weighted by atomic mass is 32.1. The van der Waals surface area contributed by atoms with Crippen molar-refractivity contribution < 1.29 is 4.79 Å². The average molecular weight is 410 g/mol. The van der Waals surface area contributed by atoms with Gasteiger partial charge < -0.3 is 9.88 Å². The zero-order valence-electron chi connectivity index (χ0n) is 15.8. The highest BCUT2D eigenvalue weighted by Crippen LogP contribution is 2.25. The lowest BCUT2D eigenvalue weighted by Crippen LogP contribution is -2.38. The summed E-state index contributed by atoms with van der Waals surface area (Å²) in [5, 5.41) is 4.84. The van der Waals surface area contributed by atoms with Crippen molar-refractivity contribution in [2.45, 2.75) is 13.1 Å². The number of hydrogen-bond acceptors (Lipinski definition) is 6.